The molecule has 0 aliphatic carbocycles. The zero-order chi connectivity index (χ0) is 84.9. The van der Waals surface area contributed by atoms with Crippen LogP contribution in [0.4, 0.5) is 0 Å². The van der Waals surface area contributed by atoms with Crippen molar-refractivity contribution in [2.45, 2.75) is 249 Å². The van der Waals surface area contributed by atoms with Crippen LogP contribution in [0.5, 0.6) is 11.5 Å². The van der Waals surface area contributed by atoms with Crippen molar-refractivity contribution in [3.05, 3.63) is 162 Å². The first kappa shape index (κ1) is 90.0. The Morgan fingerprint density at radius 3 is 0.779 bits per heavy atom. The molecule has 0 saturated heterocycles. The smallest absolute Gasteiger partial charge is 0.261 e. The third kappa shape index (κ3) is 19.4. The Bertz CT molecular complexity index is 5150. The fraction of sp³-hybridized carbons (Fsp3) is 0.471. The van der Waals surface area contributed by atoms with Crippen LogP contribution < -0.4 is 9.47 Å². The summed E-state index contributed by atoms with van der Waals surface area (Å²) in [6.07, 6.45) is 30.1. The van der Waals surface area contributed by atoms with Crippen LogP contribution >= 0.6 is 113 Å². The van der Waals surface area contributed by atoms with E-state index in [-0.39, 0.29) is 47.3 Å². The summed E-state index contributed by atoms with van der Waals surface area (Å²) < 4.78 is 16.8. The molecule has 0 N–H and O–H groups in total. The first-order valence-electron chi connectivity index (χ1n) is 46.0. The van der Waals surface area contributed by atoms with E-state index in [1.165, 1.54) is 80.6 Å². The second-order valence-corrected chi connectivity index (χ2v) is 44.3. The van der Waals surface area contributed by atoms with E-state index in [2.05, 4.69) is 189 Å². The third-order valence-corrected chi connectivity index (χ3v) is 36.9. The Balaban J connectivity index is 0.852. The van der Waals surface area contributed by atoms with Crippen LogP contribution in [0.2, 0.25) is 0 Å². The van der Waals surface area contributed by atoms with E-state index in [1.54, 1.807) is 113 Å². The van der Waals surface area contributed by atoms with Gasteiger partial charge in [0.15, 0.2) is 0 Å². The van der Waals surface area contributed by atoms with Gasteiger partial charge in [0.25, 0.3) is 23.6 Å². The molecule has 0 radical (unpaired) electrons. The zero-order valence-corrected chi connectivity index (χ0v) is 81.4. The fourth-order valence-corrected chi connectivity index (χ4v) is 28.6. The minimum atomic E-state index is -0.0646. The molecule has 4 atom stereocenters. The van der Waals surface area contributed by atoms with Gasteiger partial charge < -0.3 is 29.1 Å². The molecule has 0 saturated carbocycles. The maximum absolute atomic E-state index is 16.1. The van der Waals surface area contributed by atoms with E-state index < -0.39 is 0 Å². The highest BCUT2D eigenvalue weighted by Gasteiger charge is 2.52. The number of benzene rings is 1. The molecule has 11 aromatic rings. The summed E-state index contributed by atoms with van der Waals surface area (Å²) in [5.41, 5.74) is 5.27. The van der Waals surface area contributed by atoms with Crippen molar-refractivity contribution in [1.29, 1.82) is 0 Å². The van der Waals surface area contributed by atoms with Crippen LogP contribution in [0.25, 0.3) is 101 Å². The van der Waals surface area contributed by atoms with E-state index in [0.29, 0.717) is 61.7 Å². The first-order valence-corrected chi connectivity index (χ1v) is 54.3. The first-order chi connectivity index (χ1) is 59.8. The van der Waals surface area contributed by atoms with Crippen LogP contribution in [0.1, 0.15) is 269 Å². The van der Waals surface area contributed by atoms with Crippen LogP contribution in [0, 0.1) is 23.7 Å². The number of carbonyl (C=O) groups excluding carboxylic acids is 4. The molecule has 0 spiro atoms. The van der Waals surface area contributed by atoms with Crippen LogP contribution in [-0.2, 0) is 19.2 Å². The molecule has 0 bridgehead atoms. The minimum absolute atomic E-state index is 0.0646. The topological polar surface area (TPSA) is 99.7 Å². The molecule has 14 heterocycles. The van der Waals surface area contributed by atoms with Gasteiger partial charge in [0, 0.05) is 95.5 Å². The molecule has 122 heavy (non-hydrogen) atoms. The third-order valence-electron chi connectivity index (χ3n) is 25.2. The molecule has 1 aromatic carbocycles. The monoisotopic (exact) mass is 1820 g/mol. The van der Waals surface area contributed by atoms with Gasteiger partial charge >= 0.3 is 0 Å². The molecule has 4 amide bonds. The predicted molar refractivity (Wildman–Crippen MR) is 531 cm³/mol. The molecule has 15 rings (SSSR count). The average molecular weight is 1820 g/mol. The van der Waals surface area contributed by atoms with E-state index in [0.717, 1.165) is 232 Å². The molecule has 0 fully saturated rings. The van der Waals surface area contributed by atoms with Gasteiger partial charge in [-0.2, -0.15) is 0 Å². The van der Waals surface area contributed by atoms with Crippen LogP contribution in [-0.4, -0.2) is 82.6 Å². The van der Waals surface area contributed by atoms with Crippen molar-refractivity contribution >= 4 is 180 Å². The van der Waals surface area contributed by atoms with Gasteiger partial charge in [-0.15, -0.1) is 113 Å². The van der Waals surface area contributed by atoms with Gasteiger partial charge in [-0.3, -0.25) is 19.2 Å². The number of hydrogen-bond donors (Lipinski definition) is 0. The van der Waals surface area contributed by atoms with E-state index in [4.69, 9.17) is 9.47 Å². The Morgan fingerprint density at radius 1 is 0.270 bits per heavy atom. The highest BCUT2D eigenvalue weighted by atomic mass is 32.1. The lowest BCUT2D eigenvalue weighted by atomic mass is 9.98. The van der Waals surface area contributed by atoms with Crippen molar-refractivity contribution in [2.24, 2.45) is 23.7 Å². The Hall–Kier alpha value is -6.82. The summed E-state index contributed by atoms with van der Waals surface area (Å²) in [5, 5.41) is 6.32. The van der Waals surface area contributed by atoms with Gasteiger partial charge in [0.2, 0.25) is 0 Å². The number of ether oxygens (including phenoxy) is 2. The lowest BCUT2D eigenvalue weighted by molar-refractivity contribution is -0.124. The number of nitrogens with zero attached hydrogens (tertiary/aromatic N) is 4. The van der Waals surface area contributed by atoms with Crippen molar-refractivity contribution in [3.63, 3.8) is 0 Å². The molecule has 20 heteroatoms. The maximum Gasteiger partial charge on any atom is 0.261 e. The van der Waals surface area contributed by atoms with E-state index in [1.807, 2.05) is 19.6 Å². The summed E-state index contributed by atoms with van der Waals surface area (Å²) in [5.74, 6) is 2.55. The summed E-state index contributed by atoms with van der Waals surface area (Å²) in [7, 11) is 0. The summed E-state index contributed by atoms with van der Waals surface area (Å²) in [6, 6.07) is 39.7. The molecule has 10 aromatic heterocycles. The van der Waals surface area contributed by atoms with Crippen molar-refractivity contribution in [3.8, 4) is 70.0 Å². The number of carbonyl (C=O) groups is 4. The second kappa shape index (κ2) is 42.7. The molecule has 4 aliphatic heterocycles. The van der Waals surface area contributed by atoms with Gasteiger partial charge in [0.1, 0.15) is 11.5 Å². The lowest BCUT2D eigenvalue weighted by Crippen LogP contribution is -2.34. The normalized spacial score (nSPS) is 15.5. The molecular weight excluding hydrogens is 1700 g/mol. The molecule has 4 unspecified atom stereocenters. The SMILES string of the molecule is CCCCCCCCOc1c2cc(-c3ccc(C4=C5C(=O)N(CC(CC)CCCC)C(c6ccc(-c7ccc(-c8cccs8)s7)s6)=C5C(=O)N4CC(CC)CCCC)s3)sc2c(OCCCCCCCC)c2cc(-c3ccc(C4=C5C(=O)N(CC(CC)CCCC)C(c6ccc(-c7ccc(-c8cccs8)s7)s6)=C5C(=O)N4CC(CC)CCCC)s3)sc12. The highest BCUT2D eigenvalue weighted by molar-refractivity contribution is 7.29. The Morgan fingerprint density at radius 2 is 0.516 bits per heavy atom. The highest BCUT2D eigenvalue weighted by Crippen LogP contribution is 2.58. The Kier molecular flexibility index (Phi) is 31.5. The van der Waals surface area contributed by atoms with Crippen molar-refractivity contribution in [1.82, 2.24) is 19.6 Å². The molecule has 4 aliphatic rings. The number of unbranched alkanes of at least 4 members (excludes halogenated alkanes) is 14. The van der Waals surface area contributed by atoms with Gasteiger partial charge in [-0.25, -0.2) is 0 Å². The number of amides is 4. The zero-order valence-electron chi connectivity index (χ0n) is 73.2. The molecular formula is C102H122N4O6S10. The maximum atomic E-state index is 16.1. The summed E-state index contributed by atoms with van der Waals surface area (Å²) in [4.78, 5) is 90.3. The lowest BCUT2D eigenvalue weighted by Gasteiger charge is -2.29. The van der Waals surface area contributed by atoms with Crippen LogP contribution in [0.3, 0.4) is 0 Å². The Labute approximate surface area is 765 Å². The van der Waals surface area contributed by atoms with E-state index in [9.17, 15) is 0 Å². The number of fused-ring (bicyclic) bond motifs is 4. The van der Waals surface area contributed by atoms with Crippen molar-refractivity contribution < 1.29 is 28.7 Å². The summed E-state index contributed by atoms with van der Waals surface area (Å²) >= 11 is 17.4. The number of hydrogen-bond acceptors (Lipinski definition) is 16. The second-order valence-electron chi connectivity index (χ2n) is 33.8. The van der Waals surface area contributed by atoms with Gasteiger partial charge in [-0.05, 0) is 170 Å². The standard InChI is InChI=1S/C102H122N4O6S10/c1-11-21-27-29-31-33-55-111-95-69-59-85(79-49-53-83(119-79)93-89-87(99(107)105(93)63-67(19-9)39-25-15-5)91(103(101(89)109)61-65(17-7)37-23-13-3)81-51-47-77(117-81)75-45-43-73(115-75)71-41-35-57-113-71)122-98(69)96(112-56-34-32-30-28-22-12-2)70-60-86(121-97(70)95)80-50-54-84(120-80)94-90-88(100(108)106(94)64-68(20-10)40-26-16-6)92(104(102(90)110)62-66(18-8)38-24-14-4)82-52-48-78(118-82)76-46-44-74(116-76)72-42-36-58-114-72/h35-36,41-54,57-60,65-68H,11-34,37-40,55-56,61-64H2,1-10H3. The summed E-state index contributed by atoms with van der Waals surface area (Å²) in [6.45, 7) is 25.9. The number of thiophene rings is 10. The largest absolute Gasteiger partial charge is 0.491 e. The van der Waals surface area contributed by atoms with Gasteiger partial charge in [-0.1, -0.05) is 223 Å². The number of rotatable bonds is 50. The minimum Gasteiger partial charge on any atom is -0.491 e. The fourth-order valence-electron chi connectivity index (χ4n) is 18.0. The predicted octanol–water partition coefficient (Wildman–Crippen LogP) is 32.6. The van der Waals surface area contributed by atoms with Gasteiger partial charge in [0.05, 0.1) is 87.2 Å². The van der Waals surface area contributed by atoms with Crippen LogP contribution in [0.15, 0.2) is 142 Å². The van der Waals surface area contributed by atoms with E-state index >= 15 is 19.2 Å². The van der Waals surface area contributed by atoms with Crippen molar-refractivity contribution in [2.75, 3.05) is 39.4 Å². The molecule has 10 nitrogen and oxygen atoms in total. The average Bonchev–Trinajstić information content (AvgIpc) is 1.56. The quantitative estimate of drug-likeness (QED) is 0.0352. The molecule has 646 valence electrons.